The standard InChI is InChI=1S/C4H8ClN2O7P/c5-15(8,13-6-1-3-9-11-6)14-7-2-4-10-12-7/h1-4H2. The molecule has 2 saturated heterocycles. The smallest absolute Gasteiger partial charge is 0.237 e. The van der Waals surface area contributed by atoms with Crippen molar-refractivity contribution in [2.75, 3.05) is 26.3 Å². The van der Waals surface area contributed by atoms with Gasteiger partial charge in [-0.15, -0.1) is 9.98 Å². The molecule has 0 radical (unpaired) electrons. The van der Waals surface area contributed by atoms with Crippen LogP contribution in [0.5, 0.6) is 0 Å². The Hall–Kier alpha value is 0.200. The van der Waals surface area contributed by atoms with E-state index >= 15 is 0 Å². The summed E-state index contributed by atoms with van der Waals surface area (Å²) in [4.78, 5) is 17.8. The molecule has 2 rings (SSSR count). The number of halogens is 1. The molecule has 0 aromatic carbocycles. The van der Waals surface area contributed by atoms with Crippen molar-refractivity contribution >= 4 is 18.2 Å². The molecule has 0 bridgehead atoms. The van der Waals surface area contributed by atoms with Crippen LogP contribution in [0, 0.1) is 0 Å². The van der Waals surface area contributed by atoms with Crippen LogP contribution in [-0.2, 0) is 33.6 Å². The maximum Gasteiger partial charge on any atom is 0.461 e. The zero-order valence-electron chi connectivity index (χ0n) is 7.41. The maximum atomic E-state index is 11.5. The molecule has 2 aliphatic heterocycles. The lowest BCUT2D eigenvalue weighted by Gasteiger charge is -2.17. The summed E-state index contributed by atoms with van der Waals surface area (Å²) in [6, 6.07) is 0. The van der Waals surface area contributed by atoms with Crippen LogP contribution in [0.4, 0.5) is 0 Å². The molecule has 0 spiro atoms. The third-order valence-electron chi connectivity index (χ3n) is 1.36. The van der Waals surface area contributed by atoms with Gasteiger partial charge in [0.25, 0.3) is 0 Å². The highest BCUT2D eigenvalue weighted by Crippen LogP contribution is 2.55. The fraction of sp³-hybridized carbons (Fsp3) is 1.00. The van der Waals surface area contributed by atoms with Crippen LogP contribution in [0.3, 0.4) is 0 Å². The molecular weight excluding hydrogens is 254 g/mol. The van der Waals surface area contributed by atoms with E-state index in [1.165, 1.54) is 0 Å². The molecule has 88 valence electrons. The van der Waals surface area contributed by atoms with E-state index in [4.69, 9.17) is 11.2 Å². The van der Waals surface area contributed by atoms with Crippen LogP contribution >= 0.6 is 18.2 Å². The van der Waals surface area contributed by atoms with Crippen molar-refractivity contribution in [3.63, 3.8) is 0 Å². The molecule has 0 unspecified atom stereocenters. The lowest BCUT2D eigenvalue weighted by molar-refractivity contribution is -0.464. The minimum Gasteiger partial charge on any atom is -0.237 e. The molecule has 9 nitrogen and oxygen atoms in total. The molecule has 0 amide bonds. The van der Waals surface area contributed by atoms with E-state index in [1.54, 1.807) is 0 Å². The fourth-order valence-corrected chi connectivity index (χ4v) is 1.93. The highest BCUT2D eigenvalue weighted by molar-refractivity contribution is 7.81. The summed E-state index contributed by atoms with van der Waals surface area (Å²) in [7, 11) is 0. The van der Waals surface area contributed by atoms with Gasteiger partial charge in [0.2, 0.25) is 0 Å². The first-order valence-electron chi connectivity index (χ1n) is 3.99. The molecule has 2 aliphatic rings. The van der Waals surface area contributed by atoms with Crippen LogP contribution in [-0.4, -0.2) is 36.8 Å². The average Bonchev–Trinajstić information content (AvgIpc) is 2.75. The summed E-state index contributed by atoms with van der Waals surface area (Å²) in [5.74, 6) is 0. The third kappa shape index (κ3) is 3.61. The molecule has 0 saturated carbocycles. The van der Waals surface area contributed by atoms with Crippen molar-refractivity contribution < 1.29 is 33.6 Å². The van der Waals surface area contributed by atoms with Gasteiger partial charge >= 0.3 is 6.95 Å². The van der Waals surface area contributed by atoms with E-state index < -0.39 is 6.95 Å². The van der Waals surface area contributed by atoms with Gasteiger partial charge in [0, 0.05) is 11.2 Å². The predicted octanol–water partition coefficient (Wildman–Crippen LogP) is 0.554. The van der Waals surface area contributed by atoms with Gasteiger partial charge in [-0.3, -0.25) is 0 Å². The van der Waals surface area contributed by atoms with Crippen molar-refractivity contribution in [3.05, 3.63) is 0 Å². The largest absolute Gasteiger partial charge is 0.461 e. The molecule has 15 heavy (non-hydrogen) atoms. The quantitative estimate of drug-likeness (QED) is 0.533. The topological polar surface area (TPSA) is 78.9 Å². The Morgan fingerprint density at radius 3 is 1.87 bits per heavy atom. The number of hydroxylamine groups is 4. The molecule has 0 atom stereocenters. The summed E-state index contributed by atoms with van der Waals surface area (Å²) >= 11 is 5.45. The maximum absolute atomic E-state index is 11.5. The van der Waals surface area contributed by atoms with Gasteiger partial charge in [-0.25, -0.2) is 14.3 Å². The van der Waals surface area contributed by atoms with Crippen molar-refractivity contribution in [2.24, 2.45) is 0 Å². The van der Waals surface area contributed by atoms with Gasteiger partial charge < -0.3 is 0 Å². The van der Waals surface area contributed by atoms with Crippen LogP contribution < -0.4 is 0 Å². The van der Waals surface area contributed by atoms with Gasteiger partial charge in [-0.2, -0.15) is 9.25 Å². The van der Waals surface area contributed by atoms with Crippen molar-refractivity contribution in [1.82, 2.24) is 10.5 Å². The predicted molar refractivity (Wildman–Crippen MR) is 43.1 cm³/mol. The van der Waals surface area contributed by atoms with Crippen LogP contribution in [0.25, 0.3) is 0 Å². The second-order valence-corrected chi connectivity index (χ2v) is 4.93. The Balaban J connectivity index is 1.79. The molecule has 2 heterocycles. The Kier molecular flexibility index (Phi) is 3.91. The van der Waals surface area contributed by atoms with E-state index in [9.17, 15) is 4.57 Å². The molecule has 0 aromatic rings. The highest BCUT2D eigenvalue weighted by Gasteiger charge is 2.34. The fourth-order valence-electron chi connectivity index (χ4n) is 0.832. The first-order chi connectivity index (χ1) is 7.16. The van der Waals surface area contributed by atoms with Gasteiger partial charge in [-0.1, -0.05) is 0 Å². The lowest BCUT2D eigenvalue weighted by Crippen LogP contribution is -2.21. The zero-order valence-corrected chi connectivity index (χ0v) is 9.06. The Morgan fingerprint density at radius 2 is 1.53 bits per heavy atom. The van der Waals surface area contributed by atoms with E-state index in [0.29, 0.717) is 0 Å². The molecular formula is C4H8ClN2O7P. The molecule has 0 N–H and O–H groups in total. The molecule has 11 heteroatoms. The molecule has 0 aliphatic carbocycles. The Labute approximate surface area is 89.3 Å². The minimum atomic E-state index is -3.88. The summed E-state index contributed by atoms with van der Waals surface area (Å²) in [6.07, 6.45) is 0. The van der Waals surface area contributed by atoms with Gasteiger partial charge in [-0.05, 0) is 10.5 Å². The van der Waals surface area contributed by atoms with E-state index in [0.717, 1.165) is 10.5 Å². The van der Waals surface area contributed by atoms with Crippen molar-refractivity contribution in [2.45, 2.75) is 0 Å². The first-order valence-corrected chi connectivity index (χ1v) is 6.44. The van der Waals surface area contributed by atoms with Gasteiger partial charge in [0.1, 0.15) is 13.2 Å². The molecule has 0 aromatic heterocycles. The number of rotatable bonds is 4. The summed E-state index contributed by atoms with van der Waals surface area (Å²) < 4.78 is 20.8. The van der Waals surface area contributed by atoms with Crippen molar-refractivity contribution in [1.29, 1.82) is 0 Å². The SMILES string of the molecule is O=P(Cl)(ON1CCOO1)ON1CCOO1. The number of hydrogen-bond acceptors (Lipinski definition) is 9. The minimum absolute atomic E-state index is 0.261. The second kappa shape index (κ2) is 5.02. The Bertz CT molecular complexity index is 233. The second-order valence-electron chi connectivity index (χ2n) is 2.50. The number of hydrogen-bond donors (Lipinski definition) is 0. The van der Waals surface area contributed by atoms with E-state index in [-0.39, 0.29) is 26.3 Å². The summed E-state index contributed by atoms with van der Waals surface area (Å²) in [5.41, 5.74) is 0. The third-order valence-corrected chi connectivity index (χ3v) is 2.49. The van der Waals surface area contributed by atoms with Crippen LogP contribution in [0.1, 0.15) is 0 Å². The van der Waals surface area contributed by atoms with Gasteiger partial charge in [0.05, 0.1) is 13.1 Å². The van der Waals surface area contributed by atoms with Crippen molar-refractivity contribution in [3.8, 4) is 0 Å². The zero-order chi connectivity index (χ0) is 10.7. The van der Waals surface area contributed by atoms with E-state index in [1.807, 2.05) is 0 Å². The van der Waals surface area contributed by atoms with Gasteiger partial charge in [0.15, 0.2) is 0 Å². The molecule has 2 fully saturated rings. The average molecular weight is 263 g/mol. The normalized spacial score (nSPS) is 25.1. The van der Waals surface area contributed by atoms with E-state index in [2.05, 4.69) is 29.0 Å². The monoisotopic (exact) mass is 262 g/mol. The first kappa shape index (κ1) is 11.7. The highest BCUT2D eigenvalue weighted by atomic mass is 35.7. The summed E-state index contributed by atoms with van der Waals surface area (Å²) in [6.45, 7) is -2.80. The number of nitrogens with zero attached hydrogens (tertiary/aromatic N) is 2. The van der Waals surface area contributed by atoms with Crippen LogP contribution in [0.2, 0.25) is 0 Å². The Morgan fingerprint density at radius 1 is 1.07 bits per heavy atom. The summed E-state index contributed by atoms with van der Waals surface area (Å²) in [5, 5.41) is 1.62. The lowest BCUT2D eigenvalue weighted by atomic mass is 10.7. The van der Waals surface area contributed by atoms with Crippen LogP contribution in [0.15, 0.2) is 0 Å².